The molecule has 0 saturated carbocycles. The second-order valence-electron chi connectivity index (χ2n) is 6.45. The average Bonchev–Trinajstić information content (AvgIpc) is 2.68. The van der Waals surface area contributed by atoms with Crippen LogP contribution in [0.2, 0.25) is 0 Å². The minimum absolute atomic E-state index is 0.0974. The predicted octanol–water partition coefficient (Wildman–Crippen LogP) is 4.61. The van der Waals surface area contributed by atoms with Crippen LogP contribution in [-0.2, 0) is 22.8 Å². The van der Waals surface area contributed by atoms with E-state index in [9.17, 15) is 26.0 Å². The van der Waals surface area contributed by atoms with Crippen LogP contribution < -0.4 is 10.5 Å². The lowest BCUT2D eigenvalue weighted by Crippen LogP contribution is -2.18. The molecular weight excluding hydrogens is 422 g/mol. The van der Waals surface area contributed by atoms with Crippen molar-refractivity contribution >= 4 is 9.84 Å². The Kier molecular flexibility index (Phi) is 6.14. The first kappa shape index (κ1) is 21.8. The van der Waals surface area contributed by atoms with Gasteiger partial charge in [-0.05, 0) is 47.4 Å². The van der Waals surface area contributed by atoms with E-state index in [1.165, 1.54) is 18.2 Å². The quantitative estimate of drug-likeness (QED) is 0.570. The zero-order chi connectivity index (χ0) is 21.9. The Labute approximate surface area is 170 Å². The molecule has 0 aliphatic rings. The number of sulfone groups is 1. The van der Waals surface area contributed by atoms with E-state index < -0.39 is 37.6 Å². The molecule has 0 radical (unpaired) electrons. The Morgan fingerprint density at radius 1 is 0.867 bits per heavy atom. The van der Waals surface area contributed by atoms with Gasteiger partial charge in [0.25, 0.3) is 0 Å². The highest BCUT2D eigenvalue weighted by Gasteiger charge is 2.32. The maximum atomic E-state index is 14.2. The van der Waals surface area contributed by atoms with E-state index in [1.54, 1.807) is 24.3 Å². The van der Waals surface area contributed by atoms with Gasteiger partial charge in [0.05, 0.1) is 4.90 Å². The molecule has 0 spiro atoms. The van der Waals surface area contributed by atoms with Crippen molar-refractivity contribution < 1.29 is 30.7 Å². The average molecular weight is 439 g/mol. The van der Waals surface area contributed by atoms with Gasteiger partial charge in [-0.25, -0.2) is 12.8 Å². The number of hydrogen-bond acceptors (Lipinski definition) is 4. The monoisotopic (exact) mass is 439 g/mol. The highest BCUT2D eigenvalue weighted by molar-refractivity contribution is 7.91. The van der Waals surface area contributed by atoms with Crippen molar-refractivity contribution in [3.05, 3.63) is 89.2 Å². The lowest BCUT2D eigenvalue weighted by atomic mass is 10.0. The fourth-order valence-electron chi connectivity index (χ4n) is 2.92. The van der Waals surface area contributed by atoms with Crippen molar-refractivity contribution in [2.45, 2.75) is 29.1 Å². The third-order valence-electron chi connectivity index (χ3n) is 4.34. The standard InChI is InChI=1S/C21H17F4NO3S/c22-18-3-1-2-4-19(18)30(27,28)20-12-17(29-21(23,24)25)10-9-16(20)11-14-5-7-15(13-26)8-6-14/h1-10,12H,11,13,26H2. The molecule has 0 bridgehead atoms. The van der Waals surface area contributed by atoms with Crippen LogP contribution in [0.5, 0.6) is 5.75 Å². The Balaban J connectivity index is 2.11. The highest BCUT2D eigenvalue weighted by Crippen LogP contribution is 2.32. The van der Waals surface area contributed by atoms with Crippen molar-refractivity contribution in [2.75, 3.05) is 0 Å². The molecule has 0 unspecified atom stereocenters. The van der Waals surface area contributed by atoms with Gasteiger partial charge in [-0.15, -0.1) is 13.2 Å². The largest absolute Gasteiger partial charge is 0.573 e. The molecule has 3 aromatic carbocycles. The van der Waals surface area contributed by atoms with Crippen LogP contribution in [0.25, 0.3) is 0 Å². The van der Waals surface area contributed by atoms with E-state index in [0.29, 0.717) is 12.1 Å². The van der Waals surface area contributed by atoms with Gasteiger partial charge in [0.15, 0.2) is 0 Å². The number of benzene rings is 3. The van der Waals surface area contributed by atoms with Crippen molar-refractivity contribution in [3.63, 3.8) is 0 Å². The van der Waals surface area contributed by atoms with E-state index in [0.717, 1.165) is 29.8 Å². The number of alkyl halides is 3. The Hall–Kier alpha value is -2.91. The van der Waals surface area contributed by atoms with Crippen LogP contribution in [0.15, 0.2) is 76.5 Å². The summed E-state index contributed by atoms with van der Waals surface area (Å²) in [5, 5.41) is 0. The van der Waals surface area contributed by atoms with Gasteiger partial charge in [0.2, 0.25) is 9.84 Å². The zero-order valence-electron chi connectivity index (χ0n) is 15.5. The number of nitrogens with two attached hydrogens (primary N) is 1. The number of rotatable bonds is 6. The van der Waals surface area contributed by atoms with Gasteiger partial charge in [-0.2, -0.15) is 0 Å². The number of hydrogen-bond donors (Lipinski definition) is 1. The second-order valence-corrected chi connectivity index (χ2v) is 8.34. The molecule has 158 valence electrons. The van der Waals surface area contributed by atoms with Crippen LogP contribution in [0.3, 0.4) is 0 Å². The first-order valence-electron chi connectivity index (χ1n) is 8.76. The molecule has 0 saturated heterocycles. The molecule has 3 aromatic rings. The molecule has 2 N–H and O–H groups in total. The van der Waals surface area contributed by atoms with Crippen molar-refractivity contribution in [1.82, 2.24) is 0 Å². The summed E-state index contributed by atoms with van der Waals surface area (Å²) < 4.78 is 82.1. The van der Waals surface area contributed by atoms with Gasteiger partial charge >= 0.3 is 6.36 Å². The fourth-order valence-corrected chi connectivity index (χ4v) is 4.50. The van der Waals surface area contributed by atoms with Gasteiger partial charge < -0.3 is 10.5 Å². The first-order chi connectivity index (χ1) is 14.1. The first-order valence-corrected chi connectivity index (χ1v) is 10.2. The van der Waals surface area contributed by atoms with E-state index in [4.69, 9.17) is 5.73 Å². The second kappa shape index (κ2) is 8.45. The van der Waals surface area contributed by atoms with Crippen molar-refractivity contribution in [2.24, 2.45) is 5.73 Å². The Bertz CT molecular complexity index is 1140. The van der Waals surface area contributed by atoms with Gasteiger partial charge in [0, 0.05) is 6.54 Å². The number of halogens is 4. The van der Waals surface area contributed by atoms with Gasteiger partial charge in [-0.1, -0.05) is 42.5 Å². The molecule has 30 heavy (non-hydrogen) atoms. The molecule has 0 amide bonds. The van der Waals surface area contributed by atoms with E-state index in [2.05, 4.69) is 4.74 Å². The zero-order valence-corrected chi connectivity index (χ0v) is 16.3. The van der Waals surface area contributed by atoms with E-state index >= 15 is 0 Å². The summed E-state index contributed by atoms with van der Waals surface area (Å²) in [4.78, 5) is -1.09. The van der Waals surface area contributed by atoms with E-state index in [1.807, 2.05) is 0 Å². The molecule has 9 heteroatoms. The smallest absolute Gasteiger partial charge is 0.406 e. The minimum atomic E-state index is -5.00. The molecular formula is C21H17F4NO3S. The third-order valence-corrected chi connectivity index (χ3v) is 6.21. The summed E-state index contributed by atoms with van der Waals surface area (Å²) in [6.07, 6.45) is -4.90. The van der Waals surface area contributed by atoms with Crippen molar-refractivity contribution in [1.29, 1.82) is 0 Å². The molecule has 4 nitrogen and oxygen atoms in total. The summed E-state index contributed by atoms with van der Waals surface area (Å²) in [7, 11) is -4.45. The van der Waals surface area contributed by atoms with Crippen LogP contribution in [-0.4, -0.2) is 14.8 Å². The molecule has 3 rings (SSSR count). The van der Waals surface area contributed by atoms with E-state index in [-0.39, 0.29) is 12.0 Å². The lowest BCUT2D eigenvalue weighted by Gasteiger charge is -2.15. The van der Waals surface area contributed by atoms with Crippen molar-refractivity contribution in [3.8, 4) is 5.75 Å². The maximum Gasteiger partial charge on any atom is 0.573 e. The Morgan fingerprint density at radius 3 is 2.10 bits per heavy atom. The Morgan fingerprint density at radius 2 is 1.50 bits per heavy atom. The molecule has 0 fully saturated rings. The third kappa shape index (κ3) is 4.98. The fraction of sp³-hybridized carbons (Fsp3) is 0.143. The maximum absolute atomic E-state index is 14.2. The molecule has 0 heterocycles. The predicted molar refractivity (Wildman–Crippen MR) is 102 cm³/mol. The molecule has 0 aliphatic carbocycles. The minimum Gasteiger partial charge on any atom is -0.406 e. The summed E-state index contributed by atoms with van der Waals surface area (Å²) in [5.74, 6) is -1.71. The van der Waals surface area contributed by atoms with Gasteiger partial charge in [0.1, 0.15) is 16.5 Å². The van der Waals surface area contributed by atoms with Crippen LogP contribution in [0.1, 0.15) is 16.7 Å². The van der Waals surface area contributed by atoms with Crippen LogP contribution in [0.4, 0.5) is 17.6 Å². The topological polar surface area (TPSA) is 69.4 Å². The van der Waals surface area contributed by atoms with Gasteiger partial charge in [-0.3, -0.25) is 0 Å². The molecule has 0 aliphatic heterocycles. The normalized spacial score (nSPS) is 12.0. The summed E-state index contributed by atoms with van der Waals surface area (Å²) >= 11 is 0. The molecule has 0 aromatic heterocycles. The molecule has 0 atom stereocenters. The van der Waals surface area contributed by atoms with Crippen LogP contribution >= 0.6 is 0 Å². The number of ether oxygens (including phenoxy) is 1. The summed E-state index contributed by atoms with van der Waals surface area (Å²) in [6, 6.07) is 14.7. The highest BCUT2D eigenvalue weighted by atomic mass is 32.2. The summed E-state index contributed by atoms with van der Waals surface area (Å²) in [6.45, 7) is 0.330. The SMILES string of the molecule is NCc1ccc(Cc2ccc(OC(F)(F)F)cc2S(=O)(=O)c2ccccc2F)cc1. The van der Waals surface area contributed by atoms with Crippen LogP contribution in [0, 0.1) is 5.82 Å². The lowest BCUT2D eigenvalue weighted by molar-refractivity contribution is -0.274. The summed E-state index contributed by atoms with van der Waals surface area (Å²) in [5.41, 5.74) is 7.34.